The van der Waals surface area contributed by atoms with Crippen molar-refractivity contribution in [3.63, 3.8) is 0 Å². The van der Waals surface area contributed by atoms with Crippen LogP contribution in [0.5, 0.6) is 0 Å². The number of rotatable bonds is 11. The summed E-state index contributed by atoms with van der Waals surface area (Å²) in [6.07, 6.45) is 10.8. The molecule has 0 heterocycles. The van der Waals surface area contributed by atoms with Crippen molar-refractivity contribution in [1.29, 1.82) is 0 Å². The van der Waals surface area contributed by atoms with Crippen LogP contribution in [0.15, 0.2) is 62.8 Å². The molecule has 114 valence electrons. The monoisotopic (exact) mass is 314 g/mol. The van der Waals surface area contributed by atoms with Crippen LogP contribution in [0.2, 0.25) is 18.1 Å². The summed E-state index contributed by atoms with van der Waals surface area (Å²) in [6.45, 7) is 9.79. The molecule has 0 fully saturated rings. The van der Waals surface area contributed by atoms with Crippen LogP contribution < -0.4 is 0 Å². The zero-order valence-corrected chi connectivity index (χ0v) is 14.0. The van der Waals surface area contributed by atoms with E-state index in [1.54, 1.807) is 18.2 Å². The van der Waals surface area contributed by atoms with Crippen molar-refractivity contribution in [2.75, 3.05) is 6.16 Å². The van der Waals surface area contributed by atoms with Gasteiger partial charge in [0.2, 0.25) is 0 Å². The van der Waals surface area contributed by atoms with Crippen LogP contribution in [0.4, 0.5) is 0 Å². The van der Waals surface area contributed by atoms with Gasteiger partial charge in [0, 0.05) is 0 Å². The van der Waals surface area contributed by atoms with E-state index in [0.29, 0.717) is 24.6 Å². The van der Waals surface area contributed by atoms with E-state index in [1.807, 2.05) is 12.2 Å². The van der Waals surface area contributed by atoms with E-state index in [1.165, 1.54) is 6.08 Å². The van der Waals surface area contributed by atoms with Gasteiger partial charge in [0.15, 0.2) is 0 Å². The number of hydrogen-bond acceptors (Lipinski definition) is 3. The van der Waals surface area contributed by atoms with Crippen LogP contribution in [0.3, 0.4) is 0 Å². The Balaban J connectivity index is 5.61. The molecule has 0 bridgehead atoms. The Morgan fingerprint density at radius 3 is 1.70 bits per heavy atom. The van der Waals surface area contributed by atoms with Gasteiger partial charge in [-0.3, -0.25) is 0 Å². The van der Waals surface area contributed by atoms with Gasteiger partial charge in [-0.15, -0.1) is 0 Å². The van der Waals surface area contributed by atoms with E-state index >= 15 is 0 Å². The van der Waals surface area contributed by atoms with E-state index < -0.39 is 14.6 Å². The van der Waals surface area contributed by atoms with E-state index in [-0.39, 0.29) is 6.16 Å². The molecule has 0 saturated carbocycles. The molecule has 0 aliphatic rings. The summed E-state index contributed by atoms with van der Waals surface area (Å²) in [7, 11) is -2.85. The average molecular weight is 314 g/mol. The van der Waals surface area contributed by atoms with E-state index in [0.717, 1.165) is 0 Å². The summed E-state index contributed by atoms with van der Waals surface area (Å²) in [5.41, 5.74) is 0. The maximum absolute atomic E-state index is 10.6. The molecular weight excluding hydrogens is 287 g/mol. The molecule has 0 aromatic heterocycles. The molecule has 0 atom stereocenters. The first kappa shape index (κ1) is 19.2. The van der Waals surface area contributed by atoms with E-state index in [4.69, 9.17) is 0 Å². The summed E-state index contributed by atoms with van der Waals surface area (Å²) < 4.78 is 0. The summed E-state index contributed by atoms with van der Waals surface area (Å²) >= 11 is 0. The summed E-state index contributed by atoms with van der Waals surface area (Å²) in [4.78, 5) is 31.8. The van der Waals surface area contributed by atoms with Crippen LogP contribution in [-0.2, 0) is 0 Å². The molecule has 3 N–H and O–H groups in total. The quantitative estimate of drug-likeness (QED) is 0.308. The molecule has 0 unspecified atom stereocenters. The normalized spacial score (nSPS) is 14.4. The fraction of sp³-hybridized carbons (Fsp3) is 0.333. The van der Waals surface area contributed by atoms with E-state index in [2.05, 4.69) is 26.3 Å². The van der Waals surface area contributed by atoms with Crippen molar-refractivity contribution in [3.05, 3.63) is 62.8 Å². The summed E-state index contributed by atoms with van der Waals surface area (Å²) in [5.74, 6) is 0. The third-order valence-electron chi connectivity index (χ3n) is 3.45. The first-order valence-corrected chi connectivity index (χ1v) is 12.4. The van der Waals surface area contributed by atoms with Crippen LogP contribution in [0.1, 0.15) is 6.42 Å². The zero-order valence-electron chi connectivity index (χ0n) is 12.1. The van der Waals surface area contributed by atoms with Gasteiger partial charge in [0.1, 0.15) is 0 Å². The average Bonchev–Trinajstić information content (AvgIpc) is 2.34. The van der Waals surface area contributed by atoms with Crippen LogP contribution in [0, 0.1) is 0 Å². The molecule has 0 spiro atoms. The first-order valence-electron chi connectivity index (χ1n) is 6.62. The minimum absolute atomic E-state index is 0.172. The molecule has 0 aromatic rings. The molecule has 0 aliphatic heterocycles. The fourth-order valence-electron chi connectivity index (χ4n) is 2.27. The third-order valence-corrected chi connectivity index (χ3v) is 17.4. The van der Waals surface area contributed by atoms with Crippen LogP contribution in [-0.4, -0.2) is 28.6 Å². The summed E-state index contributed by atoms with van der Waals surface area (Å²) in [5, 5.41) is 0. The van der Waals surface area contributed by atoms with Crippen molar-refractivity contribution in [2.45, 2.75) is 24.6 Å². The Morgan fingerprint density at radius 1 is 0.750 bits per heavy atom. The fourth-order valence-corrected chi connectivity index (χ4v) is 12.4. The van der Waals surface area contributed by atoms with Gasteiger partial charge < -0.3 is 0 Å². The van der Waals surface area contributed by atoms with E-state index in [9.17, 15) is 14.7 Å². The predicted molar refractivity (Wildman–Crippen MR) is 93.2 cm³/mol. The Hall–Kier alpha value is -0.773. The topological polar surface area (TPSA) is 60.7 Å². The van der Waals surface area contributed by atoms with Crippen molar-refractivity contribution in [1.82, 2.24) is 0 Å². The number of hydrogen-bond donors (Lipinski definition) is 3. The molecule has 0 radical (unpaired) electrons. The molecule has 0 aliphatic carbocycles. The molecule has 0 amide bonds. The van der Waals surface area contributed by atoms with Crippen molar-refractivity contribution >= 4 is 14.6 Å². The molecule has 20 heavy (non-hydrogen) atoms. The van der Waals surface area contributed by atoms with Crippen molar-refractivity contribution < 1.29 is 14.7 Å². The Labute approximate surface area is 123 Å². The van der Waals surface area contributed by atoms with Gasteiger partial charge in [-0.25, -0.2) is 0 Å². The second-order valence-electron chi connectivity index (χ2n) is 5.03. The van der Waals surface area contributed by atoms with Gasteiger partial charge in [-0.2, -0.15) is 0 Å². The summed E-state index contributed by atoms with van der Waals surface area (Å²) in [6, 6.07) is 1.31. The van der Waals surface area contributed by atoms with Crippen molar-refractivity contribution in [3.8, 4) is 0 Å². The Morgan fingerprint density at radius 2 is 1.30 bits per heavy atom. The van der Waals surface area contributed by atoms with Gasteiger partial charge in [-0.05, 0) is 0 Å². The molecule has 5 heteroatoms. The minimum atomic E-state index is -4.77. The SMILES string of the molecule is C=CCC=CC[Si](CC=C)(CC=C)P(O)(O)(O)CC=C. The van der Waals surface area contributed by atoms with Crippen molar-refractivity contribution in [2.24, 2.45) is 0 Å². The molecule has 3 nitrogen and oxygen atoms in total. The number of allylic oxidation sites excluding steroid dienone is 6. The Bertz CT molecular complexity index is 384. The second kappa shape index (κ2) is 7.86. The maximum atomic E-state index is 10.6. The third kappa shape index (κ3) is 4.65. The van der Waals surface area contributed by atoms with Gasteiger partial charge in [0.05, 0.1) is 0 Å². The molecule has 0 aromatic carbocycles. The first-order chi connectivity index (χ1) is 9.27. The molecule has 0 saturated heterocycles. The Kier molecular flexibility index (Phi) is 7.56. The van der Waals surface area contributed by atoms with Gasteiger partial charge >= 0.3 is 123 Å². The van der Waals surface area contributed by atoms with Crippen LogP contribution in [0.25, 0.3) is 0 Å². The van der Waals surface area contributed by atoms with Gasteiger partial charge in [-0.1, -0.05) is 0 Å². The molecule has 0 rings (SSSR count). The molecular formula is C15H27O3PSi. The standard InChI is InChI=1S/C15H27O3PSi/c1-5-9-10-11-15-20(13-7-3,14-8-4)19(16,17,18)12-6-2/h5-8,10-11,16-18H,1-4,9,12-15H2. The van der Waals surface area contributed by atoms with Gasteiger partial charge in [0.25, 0.3) is 0 Å². The second-order valence-corrected chi connectivity index (χ2v) is 17.0. The predicted octanol–water partition coefficient (Wildman–Crippen LogP) is 3.90. The van der Waals surface area contributed by atoms with Crippen LogP contribution >= 0.6 is 6.83 Å². The zero-order chi connectivity index (χ0) is 15.7.